The van der Waals surface area contributed by atoms with Gasteiger partial charge in [-0.25, -0.2) is 0 Å². The molecule has 1 N–H and O–H groups in total. The number of anilines is 1. The van der Waals surface area contributed by atoms with Gasteiger partial charge in [-0.3, -0.25) is 4.79 Å². The van der Waals surface area contributed by atoms with Crippen LogP contribution >= 0.6 is 11.6 Å². The predicted molar refractivity (Wildman–Crippen MR) is 85.7 cm³/mol. The second kappa shape index (κ2) is 7.14. The van der Waals surface area contributed by atoms with Crippen molar-refractivity contribution in [3.05, 3.63) is 65.2 Å². The van der Waals surface area contributed by atoms with Crippen molar-refractivity contribution < 1.29 is 9.90 Å². The van der Waals surface area contributed by atoms with E-state index >= 15 is 0 Å². The maximum absolute atomic E-state index is 11.1. The minimum absolute atomic E-state index is 0.435. The molecule has 4 heteroatoms. The monoisotopic (exact) mass is 303 g/mol. The van der Waals surface area contributed by atoms with Crippen LogP contribution in [0.15, 0.2) is 54.6 Å². The zero-order valence-corrected chi connectivity index (χ0v) is 12.6. The third-order valence-electron chi connectivity index (χ3n) is 3.36. The van der Waals surface area contributed by atoms with E-state index in [2.05, 4.69) is 0 Å². The Labute approximate surface area is 129 Å². The number of hydrogen-bond acceptors (Lipinski definition) is 2. The molecule has 110 valence electrons. The highest BCUT2D eigenvalue weighted by atomic mass is 35.5. The number of rotatable bonds is 6. The predicted octanol–water partition coefficient (Wildman–Crippen LogP) is 4.07. The van der Waals surface area contributed by atoms with Crippen LogP contribution in [0.4, 0.5) is 5.69 Å². The Morgan fingerprint density at radius 1 is 1.14 bits per heavy atom. The van der Waals surface area contributed by atoms with Gasteiger partial charge in [-0.1, -0.05) is 54.9 Å². The third kappa shape index (κ3) is 4.23. The molecule has 0 amide bonds. The number of aliphatic carboxylic acids is 1. The summed E-state index contributed by atoms with van der Waals surface area (Å²) in [5.74, 6) is -1.25. The second-order valence-electron chi connectivity index (χ2n) is 5.05. The Kier molecular flexibility index (Phi) is 5.23. The molecule has 0 spiro atoms. The molecule has 1 atom stereocenters. The van der Waals surface area contributed by atoms with Gasteiger partial charge in [-0.05, 0) is 23.8 Å². The van der Waals surface area contributed by atoms with Crippen LogP contribution in [0.25, 0.3) is 0 Å². The Balaban J connectivity index is 2.24. The normalized spacial score (nSPS) is 11.9. The van der Waals surface area contributed by atoms with Crippen molar-refractivity contribution in [1.82, 2.24) is 0 Å². The van der Waals surface area contributed by atoms with Gasteiger partial charge in [0.1, 0.15) is 0 Å². The van der Waals surface area contributed by atoms with Crippen molar-refractivity contribution in [2.45, 2.75) is 13.5 Å². The molecule has 3 nitrogen and oxygen atoms in total. The Bertz CT molecular complexity index is 601. The molecule has 0 heterocycles. The molecule has 0 aromatic heterocycles. The minimum Gasteiger partial charge on any atom is -0.481 e. The molecule has 2 aromatic rings. The molecule has 0 aliphatic carbocycles. The SMILES string of the molecule is CC(CN(Cc1ccccc1Cl)c1ccccc1)C(=O)O. The van der Waals surface area contributed by atoms with Crippen LogP contribution in [-0.4, -0.2) is 17.6 Å². The fraction of sp³-hybridized carbons (Fsp3) is 0.235. The molecule has 0 bridgehead atoms. The summed E-state index contributed by atoms with van der Waals surface area (Å²) < 4.78 is 0. The molecule has 0 saturated carbocycles. The fourth-order valence-corrected chi connectivity index (χ4v) is 2.34. The van der Waals surface area contributed by atoms with Crippen molar-refractivity contribution in [2.24, 2.45) is 5.92 Å². The van der Waals surface area contributed by atoms with E-state index in [1.807, 2.05) is 59.5 Å². The van der Waals surface area contributed by atoms with Crippen LogP contribution in [0.1, 0.15) is 12.5 Å². The molecule has 0 fully saturated rings. The first-order chi connectivity index (χ1) is 10.1. The van der Waals surface area contributed by atoms with Crippen LogP contribution in [0.5, 0.6) is 0 Å². The highest BCUT2D eigenvalue weighted by Gasteiger charge is 2.17. The molecular weight excluding hydrogens is 286 g/mol. The average molecular weight is 304 g/mol. The Morgan fingerprint density at radius 3 is 2.38 bits per heavy atom. The zero-order valence-electron chi connectivity index (χ0n) is 11.9. The van der Waals surface area contributed by atoms with Gasteiger partial charge in [0.05, 0.1) is 5.92 Å². The summed E-state index contributed by atoms with van der Waals surface area (Å²) in [6.07, 6.45) is 0. The van der Waals surface area contributed by atoms with Gasteiger partial charge in [-0.15, -0.1) is 0 Å². The number of carbonyl (C=O) groups is 1. The lowest BCUT2D eigenvalue weighted by Crippen LogP contribution is -2.31. The van der Waals surface area contributed by atoms with Gasteiger partial charge in [0.2, 0.25) is 0 Å². The third-order valence-corrected chi connectivity index (χ3v) is 3.72. The van der Waals surface area contributed by atoms with Crippen LogP contribution in [0.3, 0.4) is 0 Å². The highest BCUT2D eigenvalue weighted by molar-refractivity contribution is 6.31. The van der Waals surface area contributed by atoms with E-state index in [-0.39, 0.29) is 0 Å². The maximum atomic E-state index is 11.1. The number of para-hydroxylation sites is 1. The van der Waals surface area contributed by atoms with E-state index in [0.29, 0.717) is 18.1 Å². The van der Waals surface area contributed by atoms with Crippen LogP contribution < -0.4 is 4.90 Å². The number of carboxylic acid groups (broad SMARTS) is 1. The summed E-state index contributed by atoms with van der Waals surface area (Å²) in [6.45, 7) is 2.73. The second-order valence-corrected chi connectivity index (χ2v) is 5.45. The zero-order chi connectivity index (χ0) is 15.2. The van der Waals surface area contributed by atoms with E-state index in [1.165, 1.54) is 0 Å². The Morgan fingerprint density at radius 2 is 1.76 bits per heavy atom. The summed E-state index contributed by atoms with van der Waals surface area (Å²) in [6, 6.07) is 17.4. The average Bonchev–Trinajstić information content (AvgIpc) is 2.49. The van der Waals surface area contributed by atoms with Gasteiger partial charge in [-0.2, -0.15) is 0 Å². The van der Waals surface area contributed by atoms with Crippen LogP contribution in [0.2, 0.25) is 5.02 Å². The highest BCUT2D eigenvalue weighted by Crippen LogP contribution is 2.22. The number of hydrogen-bond donors (Lipinski definition) is 1. The molecule has 1 unspecified atom stereocenters. The lowest BCUT2D eigenvalue weighted by Gasteiger charge is -2.27. The van der Waals surface area contributed by atoms with Crippen molar-refractivity contribution >= 4 is 23.3 Å². The van der Waals surface area contributed by atoms with E-state index in [1.54, 1.807) is 6.92 Å². The fourth-order valence-electron chi connectivity index (χ4n) is 2.14. The van der Waals surface area contributed by atoms with E-state index < -0.39 is 11.9 Å². The molecule has 0 radical (unpaired) electrons. The first kappa shape index (κ1) is 15.4. The number of nitrogens with zero attached hydrogens (tertiary/aromatic N) is 1. The quantitative estimate of drug-likeness (QED) is 0.874. The topological polar surface area (TPSA) is 40.5 Å². The van der Waals surface area contributed by atoms with Gasteiger partial charge >= 0.3 is 5.97 Å². The lowest BCUT2D eigenvalue weighted by molar-refractivity contribution is -0.140. The molecule has 0 saturated heterocycles. The van der Waals surface area contributed by atoms with Crippen molar-refractivity contribution in [2.75, 3.05) is 11.4 Å². The standard InChI is InChI=1S/C17H18ClNO2/c1-13(17(20)21)11-19(15-8-3-2-4-9-15)12-14-7-5-6-10-16(14)18/h2-10,13H,11-12H2,1H3,(H,20,21). The molecule has 2 aromatic carbocycles. The van der Waals surface area contributed by atoms with Crippen LogP contribution in [0, 0.1) is 5.92 Å². The molecule has 2 rings (SSSR count). The Hall–Kier alpha value is -2.00. The lowest BCUT2D eigenvalue weighted by atomic mass is 10.1. The van der Waals surface area contributed by atoms with Gasteiger partial charge < -0.3 is 10.0 Å². The van der Waals surface area contributed by atoms with E-state index in [0.717, 1.165) is 11.3 Å². The van der Waals surface area contributed by atoms with Gasteiger partial charge in [0, 0.05) is 23.8 Å². The summed E-state index contributed by atoms with van der Waals surface area (Å²) in [5.41, 5.74) is 1.98. The maximum Gasteiger partial charge on any atom is 0.308 e. The van der Waals surface area contributed by atoms with E-state index in [4.69, 9.17) is 16.7 Å². The molecule has 21 heavy (non-hydrogen) atoms. The summed E-state index contributed by atoms with van der Waals surface area (Å²) >= 11 is 6.21. The minimum atomic E-state index is -0.796. The molecular formula is C17H18ClNO2. The largest absolute Gasteiger partial charge is 0.481 e. The van der Waals surface area contributed by atoms with Gasteiger partial charge in [0.25, 0.3) is 0 Å². The van der Waals surface area contributed by atoms with Crippen molar-refractivity contribution in [3.63, 3.8) is 0 Å². The molecule has 0 aliphatic rings. The van der Waals surface area contributed by atoms with Crippen LogP contribution in [-0.2, 0) is 11.3 Å². The van der Waals surface area contributed by atoms with E-state index in [9.17, 15) is 4.79 Å². The molecule has 0 aliphatic heterocycles. The number of benzene rings is 2. The first-order valence-electron chi connectivity index (χ1n) is 6.84. The number of carboxylic acids is 1. The van der Waals surface area contributed by atoms with Crippen molar-refractivity contribution in [3.8, 4) is 0 Å². The van der Waals surface area contributed by atoms with Gasteiger partial charge in [0.15, 0.2) is 0 Å². The summed E-state index contributed by atoms with van der Waals surface area (Å²) in [5, 5.41) is 9.84. The van der Waals surface area contributed by atoms with Crippen molar-refractivity contribution in [1.29, 1.82) is 0 Å². The first-order valence-corrected chi connectivity index (χ1v) is 7.22. The summed E-state index contributed by atoms with van der Waals surface area (Å²) in [7, 11) is 0. The number of halogens is 1. The summed E-state index contributed by atoms with van der Waals surface area (Å²) in [4.78, 5) is 13.2. The smallest absolute Gasteiger partial charge is 0.308 e.